The summed E-state index contributed by atoms with van der Waals surface area (Å²) in [6.45, 7) is 3.12. The van der Waals surface area contributed by atoms with Crippen molar-refractivity contribution in [2.75, 3.05) is 25.4 Å². The van der Waals surface area contributed by atoms with E-state index in [9.17, 15) is 5.11 Å². The third kappa shape index (κ3) is 3.14. The van der Waals surface area contributed by atoms with Crippen LogP contribution in [0, 0.1) is 5.41 Å². The van der Waals surface area contributed by atoms with E-state index in [1.54, 1.807) is 0 Å². The van der Waals surface area contributed by atoms with Crippen LogP contribution in [0.3, 0.4) is 0 Å². The Labute approximate surface area is 105 Å². The number of hydrogen-bond acceptors (Lipinski definition) is 3. The number of rotatable bonds is 3. The SMILES string of the molecule is OC1CCN(CC2(CS)CCCCCC2)C1. The first-order chi connectivity index (χ1) is 7.74. The zero-order valence-corrected chi connectivity index (χ0v) is 11.1. The van der Waals surface area contributed by atoms with E-state index < -0.39 is 0 Å². The highest BCUT2D eigenvalue weighted by Crippen LogP contribution is 2.37. The highest BCUT2D eigenvalue weighted by atomic mass is 32.1. The minimum absolute atomic E-state index is 0.0808. The molecule has 0 radical (unpaired) electrons. The predicted octanol–water partition coefficient (Wildman–Crippen LogP) is 2.32. The summed E-state index contributed by atoms with van der Waals surface area (Å²) in [4.78, 5) is 2.45. The van der Waals surface area contributed by atoms with Crippen molar-refractivity contribution < 1.29 is 5.11 Å². The predicted molar refractivity (Wildman–Crippen MR) is 71.1 cm³/mol. The van der Waals surface area contributed by atoms with Crippen LogP contribution in [0.5, 0.6) is 0 Å². The van der Waals surface area contributed by atoms with Crippen LogP contribution >= 0.6 is 12.6 Å². The molecule has 1 aliphatic heterocycles. The van der Waals surface area contributed by atoms with Crippen molar-refractivity contribution in [2.24, 2.45) is 5.41 Å². The lowest BCUT2D eigenvalue weighted by Gasteiger charge is -2.35. The van der Waals surface area contributed by atoms with Gasteiger partial charge in [-0.25, -0.2) is 0 Å². The van der Waals surface area contributed by atoms with Crippen LogP contribution in [0.2, 0.25) is 0 Å². The molecule has 1 saturated carbocycles. The number of nitrogens with zero attached hydrogens (tertiary/aromatic N) is 1. The molecule has 0 aromatic heterocycles. The fraction of sp³-hybridized carbons (Fsp3) is 1.00. The van der Waals surface area contributed by atoms with Crippen molar-refractivity contribution in [3.63, 3.8) is 0 Å². The van der Waals surface area contributed by atoms with Crippen molar-refractivity contribution in [2.45, 2.75) is 51.0 Å². The average molecular weight is 243 g/mol. The topological polar surface area (TPSA) is 23.5 Å². The summed E-state index contributed by atoms with van der Waals surface area (Å²) in [6, 6.07) is 0. The summed E-state index contributed by atoms with van der Waals surface area (Å²) < 4.78 is 0. The molecular formula is C13H25NOS. The molecule has 1 heterocycles. The fourth-order valence-corrected chi connectivity index (χ4v) is 3.69. The molecule has 1 N–H and O–H groups in total. The Morgan fingerprint density at radius 3 is 2.38 bits per heavy atom. The summed E-state index contributed by atoms with van der Waals surface area (Å²) in [5, 5.41) is 9.58. The largest absolute Gasteiger partial charge is 0.392 e. The highest BCUT2D eigenvalue weighted by molar-refractivity contribution is 7.80. The molecule has 1 unspecified atom stereocenters. The maximum absolute atomic E-state index is 9.58. The van der Waals surface area contributed by atoms with Crippen LogP contribution in [-0.4, -0.2) is 41.5 Å². The maximum Gasteiger partial charge on any atom is 0.0679 e. The van der Waals surface area contributed by atoms with Gasteiger partial charge in [-0.2, -0.15) is 12.6 Å². The fourth-order valence-electron chi connectivity index (χ4n) is 3.27. The van der Waals surface area contributed by atoms with Gasteiger partial charge >= 0.3 is 0 Å². The van der Waals surface area contributed by atoms with Crippen molar-refractivity contribution in [3.8, 4) is 0 Å². The first-order valence-electron chi connectivity index (χ1n) is 6.75. The highest BCUT2D eigenvalue weighted by Gasteiger charge is 2.33. The molecule has 0 bridgehead atoms. The molecule has 1 aliphatic carbocycles. The molecule has 2 aliphatic rings. The van der Waals surface area contributed by atoms with Gasteiger partial charge in [-0.1, -0.05) is 25.7 Å². The van der Waals surface area contributed by atoms with Crippen LogP contribution in [0.4, 0.5) is 0 Å². The first-order valence-corrected chi connectivity index (χ1v) is 7.39. The van der Waals surface area contributed by atoms with E-state index >= 15 is 0 Å². The normalized spacial score (nSPS) is 31.5. The molecule has 1 atom stereocenters. The lowest BCUT2D eigenvalue weighted by molar-refractivity contribution is 0.141. The van der Waals surface area contributed by atoms with E-state index in [1.807, 2.05) is 0 Å². The second-order valence-corrected chi connectivity index (χ2v) is 6.07. The summed E-state index contributed by atoms with van der Waals surface area (Å²) in [6.07, 6.45) is 9.10. The van der Waals surface area contributed by atoms with Crippen LogP contribution in [0.25, 0.3) is 0 Å². The van der Waals surface area contributed by atoms with Gasteiger partial charge in [0.15, 0.2) is 0 Å². The van der Waals surface area contributed by atoms with Gasteiger partial charge in [0, 0.05) is 19.6 Å². The van der Waals surface area contributed by atoms with Crippen LogP contribution in [-0.2, 0) is 0 Å². The second kappa shape index (κ2) is 5.74. The average Bonchev–Trinajstić information content (AvgIpc) is 2.54. The van der Waals surface area contributed by atoms with Gasteiger partial charge in [0.25, 0.3) is 0 Å². The zero-order chi connectivity index (χ0) is 11.4. The Bertz CT molecular complexity index is 214. The molecule has 0 spiro atoms. The Hall–Kier alpha value is 0.270. The van der Waals surface area contributed by atoms with Gasteiger partial charge in [0.05, 0.1) is 6.10 Å². The third-order valence-corrected chi connectivity index (χ3v) is 4.98. The number of β-amino-alcohol motifs (C(OH)–C–C–N with tert-alkyl or cyclic N) is 1. The Morgan fingerprint density at radius 1 is 1.19 bits per heavy atom. The second-order valence-electron chi connectivity index (χ2n) is 5.75. The van der Waals surface area contributed by atoms with Crippen molar-refractivity contribution in [1.29, 1.82) is 0 Å². The maximum atomic E-state index is 9.58. The van der Waals surface area contributed by atoms with Gasteiger partial charge < -0.3 is 10.0 Å². The summed E-state index contributed by atoms with van der Waals surface area (Å²) >= 11 is 4.60. The lowest BCUT2D eigenvalue weighted by atomic mass is 9.82. The smallest absolute Gasteiger partial charge is 0.0679 e. The molecule has 94 valence electrons. The van der Waals surface area contributed by atoms with E-state index in [1.165, 1.54) is 38.5 Å². The van der Waals surface area contributed by atoms with Gasteiger partial charge in [-0.15, -0.1) is 0 Å². The van der Waals surface area contributed by atoms with E-state index in [2.05, 4.69) is 17.5 Å². The minimum Gasteiger partial charge on any atom is -0.392 e. The van der Waals surface area contributed by atoms with Crippen molar-refractivity contribution in [1.82, 2.24) is 4.90 Å². The molecule has 0 amide bonds. The molecule has 3 heteroatoms. The van der Waals surface area contributed by atoms with Crippen molar-refractivity contribution >= 4 is 12.6 Å². The third-order valence-electron chi connectivity index (χ3n) is 4.31. The minimum atomic E-state index is -0.0808. The lowest BCUT2D eigenvalue weighted by Crippen LogP contribution is -2.38. The quantitative estimate of drug-likeness (QED) is 0.587. The monoisotopic (exact) mass is 243 g/mol. The number of likely N-dealkylation sites (tertiary alicyclic amines) is 1. The number of thiol groups is 1. The number of aliphatic hydroxyl groups excluding tert-OH is 1. The van der Waals surface area contributed by atoms with Crippen molar-refractivity contribution in [3.05, 3.63) is 0 Å². The standard InChI is InChI=1S/C13H25NOS/c15-12-5-8-14(9-12)10-13(11-16)6-3-1-2-4-7-13/h12,15-16H,1-11H2. The summed E-state index contributed by atoms with van der Waals surface area (Å²) in [7, 11) is 0. The summed E-state index contributed by atoms with van der Waals surface area (Å²) in [5.74, 6) is 1.01. The van der Waals surface area contributed by atoms with Crippen LogP contribution in [0.15, 0.2) is 0 Å². The molecule has 2 rings (SSSR count). The molecule has 0 aromatic carbocycles. The Kier molecular flexibility index (Phi) is 4.57. The molecular weight excluding hydrogens is 218 g/mol. The van der Waals surface area contributed by atoms with Gasteiger partial charge in [-0.3, -0.25) is 0 Å². The van der Waals surface area contributed by atoms with Crippen LogP contribution < -0.4 is 0 Å². The zero-order valence-electron chi connectivity index (χ0n) is 10.2. The summed E-state index contributed by atoms with van der Waals surface area (Å²) in [5.41, 5.74) is 0.434. The van der Waals surface area contributed by atoms with Gasteiger partial charge in [0.2, 0.25) is 0 Å². The van der Waals surface area contributed by atoms with Crippen LogP contribution in [0.1, 0.15) is 44.9 Å². The molecule has 2 nitrogen and oxygen atoms in total. The molecule has 1 saturated heterocycles. The van der Waals surface area contributed by atoms with Gasteiger partial charge in [-0.05, 0) is 30.4 Å². The molecule has 16 heavy (non-hydrogen) atoms. The molecule has 2 fully saturated rings. The molecule has 0 aromatic rings. The first kappa shape index (κ1) is 12.7. The number of aliphatic hydroxyl groups is 1. The Balaban J connectivity index is 1.92. The number of hydrogen-bond donors (Lipinski definition) is 2. The van der Waals surface area contributed by atoms with E-state index in [0.717, 1.165) is 31.8 Å². The van der Waals surface area contributed by atoms with E-state index in [-0.39, 0.29) is 6.10 Å². The van der Waals surface area contributed by atoms with Gasteiger partial charge in [0.1, 0.15) is 0 Å². The van der Waals surface area contributed by atoms with E-state index in [0.29, 0.717) is 5.41 Å². The van der Waals surface area contributed by atoms with E-state index in [4.69, 9.17) is 0 Å². The Morgan fingerprint density at radius 2 is 1.88 bits per heavy atom.